The minimum atomic E-state index is -2.47. The molecule has 1 N–H and O–H groups in total. The third-order valence-electron chi connectivity index (χ3n) is 4.87. The first-order valence-electron chi connectivity index (χ1n) is 10.4. The number of alkyl halides is 2. The molecule has 1 aliphatic rings. The Bertz CT molecular complexity index is 1040. The number of nitrogens with one attached hydrogen (secondary N) is 1. The van der Waals surface area contributed by atoms with Gasteiger partial charge in [-0.3, -0.25) is 9.36 Å². The van der Waals surface area contributed by atoms with Crippen LogP contribution in [-0.4, -0.2) is 58.5 Å². The van der Waals surface area contributed by atoms with Gasteiger partial charge in [-0.05, 0) is 29.8 Å². The lowest BCUT2D eigenvalue weighted by Gasteiger charge is -2.28. The Balaban J connectivity index is 1.42. The number of morpholine rings is 1. The van der Waals surface area contributed by atoms with Crippen LogP contribution in [0.3, 0.4) is 0 Å². The van der Waals surface area contributed by atoms with Crippen molar-refractivity contribution in [2.75, 3.05) is 42.3 Å². The summed E-state index contributed by atoms with van der Waals surface area (Å²) < 4.78 is 32.4. The van der Waals surface area contributed by atoms with Crippen LogP contribution in [0.15, 0.2) is 64.6 Å². The molecule has 2 heterocycles. The van der Waals surface area contributed by atoms with Gasteiger partial charge in [0.1, 0.15) is 0 Å². The Labute approximate surface area is 198 Å². The second-order valence-corrected chi connectivity index (χ2v) is 9.20. The molecule has 0 bridgehead atoms. The number of halogens is 2. The van der Waals surface area contributed by atoms with Crippen LogP contribution in [0.25, 0.3) is 0 Å². The SMILES string of the molecule is O=C(CSc1nnc(N2CCOCC2)n1Cc1ccccc1)Nc1ccc(SC(F)F)cc1. The molecule has 0 unspecified atom stereocenters. The maximum Gasteiger partial charge on any atom is 0.288 e. The van der Waals surface area contributed by atoms with Crippen LogP contribution in [0.5, 0.6) is 0 Å². The number of thioether (sulfide) groups is 2. The third-order valence-corrected chi connectivity index (χ3v) is 6.56. The topological polar surface area (TPSA) is 72.3 Å². The van der Waals surface area contributed by atoms with E-state index >= 15 is 0 Å². The Hall–Kier alpha value is -2.63. The van der Waals surface area contributed by atoms with Crippen molar-refractivity contribution >= 4 is 41.1 Å². The number of ether oxygens (including phenoxy) is 1. The summed E-state index contributed by atoms with van der Waals surface area (Å²) in [6, 6.07) is 16.4. The fraction of sp³-hybridized carbons (Fsp3) is 0.318. The molecule has 11 heteroatoms. The van der Waals surface area contributed by atoms with E-state index in [0.717, 1.165) is 24.6 Å². The first kappa shape index (κ1) is 23.5. The smallest absolute Gasteiger partial charge is 0.288 e. The zero-order chi connectivity index (χ0) is 23.0. The highest BCUT2D eigenvalue weighted by molar-refractivity contribution is 8.00. The second kappa shape index (κ2) is 11.5. The molecule has 1 aliphatic heterocycles. The molecule has 0 aliphatic carbocycles. The lowest BCUT2D eigenvalue weighted by atomic mass is 10.2. The number of carbonyl (C=O) groups is 1. The lowest BCUT2D eigenvalue weighted by molar-refractivity contribution is -0.113. The molecule has 1 amide bonds. The number of anilines is 2. The molecule has 1 aromatic heterocycles. The second-order valence-electron chi connectivity index (χ2n) is 7.19. The Kier molecular flexibility index (Phi) is 8.19. The van der Waals surface area contributed by atoms with E-state index in [2.05, 4.69) is 20.4 Å². The lowest BCUT2D eigenvalue weighted by Crippen LogP contribution is -2.38. The number of nitrogens with zero attached hydrogens (tertiary/aromatic N) is 4. The summed E-state index contributed by atoms with van der Waals surface area (Å²) in [5.74, 6) is -1.78. The van der Waals surface area contributed by atoms with Gasteiger partial charge in [-0.2, -0.15) is 8.78 Å². The molecule has 0 radical (unpaired) electrons. The highest BCUT2D eigenvalue weighted by Crippen LogP contribution is 2.27. The summed E-state index contributed by atoms with van der Waals surface area (Å²) >= 11 is 1.78. The monoisotopic (exact) mass is 491 g/mol. The summed E-state index contributed by atoms with van der Waals surface area (Å²) in [6.45, 7) is 3.33. The van der Waals surface area contributed by atoms with Crippen molar-refractivity contribution in [2.24, 2.45) is 0 Å². The molecule has 33 heavy (non-hydrogen) atoms. The molecule has 3 aromatic rings. The molecule has 0 atom stereocenters. The minimum Gasteiger partial charge on any atom is -0.378 e. The van der Waals surface area contributed by atoms with Crippen LogP contribution >= 0.6 is 23.5 Å². The third kappa shape index (κ3) is 6.68. The first-order valence-corrected chi connectivity index (χ1v) is 12.2. The fourth-order valence-electron chi connectivity index (χ4n) is 3.34. The van der Waals surface area contributed by atoms with Crippen LogP contribution in [-0.2, 0) is 16.1 Å². The van der Waals surface area contributed by atoms with Crippen molar-refractivity contribution < 1.29 is 18.3 Å². The predicted molar refractivity (Wildman–Crippen MR) is 126 cm³/mol. The van der Waals surface area contributed by atoms with E-state index in [0.29, 0.717) is 47.3 Å². The number of benzene rings is 2. The summed E-state index contributed by atoms with van der Waals surface area (Å²) in [7, 11) is 0. The quantitative estimate of drug-likeness (QED) is 0.450. The normalized spacial score (nSPS) is 14.0. The predicted octanol–water partition coefficient (Wildman–Crippen LogP) is 4.21. The molecule has 174 valence electrons. The van der Waals surface area contributed by atoms with Crippen molar-refractivity contribution in [3.8, 4) is 0 Å². The Morgan fingerprint density at radius 2 is 1.79 bits per heavy atom. The van der Waals surface area contributed by atoms with Gasteiger partial charge in [0.2, 0.25) is 11.9 Å². The Morgan fingerprint density at radius 3 is 2.48 bits per heavy atom. The van der Waals surface area contributed by atoms with Crippen molar-refractivity contribution in [3.05, 3.63) is 60.2 Å². The van der Waals surface area contributed by atoms with Crippen LogP contribution in [0.2, 0.25) is 0 Å². The van der Waals surface area contributed by atoms with Crippen molar-refractivity contribution in [2.45, 2.75) is 22.4 Å². The zero-order valence-corrected chi connectivity index (χ0v) is 19.3. The molecule has 2 aromatic carbocycles. The number of aromatic nitrogens is 3. The standard InChI is InChI=1S/C22H23F2N5O2S2/c23-20(24)33-18-8-6-17(7-9-18)25-19(30)15-32-22-27-26-21(28-10-12-31-13-11-28)29(22)14-16-4-2-1-3-5-16/h1-9,20H,10-15H2,(H,25,30). The van der Waals surface area contributed by atoms with Crippen LogP contribution in [0.1, 0.15) is 5.56 Å². The summed E-state index contributed by atoms with van der Waals surface area (Å²) in [5.41, 5.74) is 1.67. The maximum atomic E-state index is 12.5. The molecule has 1 saturated heterocycles. The summed E-state index contributed by atoms with van der Waals surface area (Å²) in [5, 5.41) is 12.2. The van der Waals surface area contributed by atoms with Crippen LogP contribution in [0, 0.1) is 0 Å². The number of carbonyl (C=O) groups excluding carboxylic acids is 1. The average molecular weight is 492 g/mol. The van der Waals surface area contributed by atoms with Crippen molar-refractivity contribution in [1.82, 2.24) is 14.8 Å². The highest BCUT2D eigenvalue weighted by atomic mass is 32.2. The molecule has 1 fully saturated rings. The van der Waals surface area contributed by atoms with Gasteiger partial charge in [0.15, 0.2) is 5.16 Å². The Morgan fingerprint density at radius 1 is 1.06 bits per heavy atom. The number of rotatable bonds is 9. The summed E-state index contributed by atoms with van der Waals surface area (Å²) in [4.78, 5) is 15.1. The van der Waals surface area contributed by atoms with E-state index in [4.69, 9.17) is 4.74 Å². The number of hydrogen-bond donors (Lipinski definition) is 1. The van der Waals surface area contributed by atoms with Gasteiger partial charge < -0.3 is 15.0 Å². The average Bonchev–Trinajstić information content (AvgIpc) is 3.22. The van der Waals surface area contributed by atoms with E-state index in [1.54, 1.807) is 24.3 Å². The molecular formula is C22H23F2N5O2S2. The van der Waals surface area contributed by atoms with Gasteiger partial charge in [0.25, 0.3) is 5.76 Å². The highest BCUT2D eigenvalue weighted by Gasteiger charge is 2.21. The van der Waals surface area contributed by atoms with Crippen LogP contribution < -0.4 is 10.2 Å². The van der Waals surface area contributed by atoms with Gasteiger partial charge in [-0.15, -0.1) is 10.2 Å². The van der Waals surface area contributed by atoms with E-state index in [9.17, 15) is 13.6 Å². The molecule has 7 nitrogen and oxygen atoms in total. The van der Waals surface area contributed by atoms with E-state index < -0.39 is 5.76 Å². The summed E-state index contributed by atoms with van der Waals surface area (Å²) in [6.07, 6.45) is 0. The van der Waals surface area contributed by atoms with Gasteiger partial charge in [0, 0.05) is 23.7 Å². The molecule has 4 rings (SSSR count). The molecule has 0 saturated carbocycles. The number of hydrogen-bond acceptors (Lipinski definition) is 7. The number of amides is 1. The van der Waals surface area contributed by atoms with Gasteiger partial charge >= 0.3 is 0 Å². The fourth-order valence-corrected chi connectivity index (χ4v) is 4.57. The van der Waals surface area contributed by atoms with Crippen LogP contribution in [0.4, 0.5) is 20.4 Å². The minimum absolute atomic E-state index is 0.142. The van der Waals surface area contributed by atoms with Gasteiger partial charge in [-0.25, -0.2) is 0 Å². The van der Waals surface area contributed by atoms with E-state index in [-0.39, 0.29) is 11.7 Å². The van der Waals surface area contributed by atoms with Gasteiger partial charge in [0.05, 0.1) is 25.5 Å². The van der Waals surface area contributed by atoms with E-state index in [1.807, 2.05) is 34.9 Å². The molecule has 0 spiro atoms. The molecular weight excluding hydrogens is 468 g/mol. The van der Waals surface area contributed by atoms with Crippen molar-refractivity contribution in [1.29, 1.82) is 0 Å². The zero-order valence-electron chi connectivity index (χ0n) is 17.7. The van der Waals surface area contributed by atoms with Crippen molar-refractivity contribution in [3.63, 3.8) is 0 Å². The van der Waals surface area contributed by atoms with Gasteiger partial charge in [-0.1, -0.05) is 53.9 Å². The van der Waals surface area contributed by atoms with E-state index in [1.165, 1.54) is 11.8 Å². The first-order chi connectivity index (χ1) is 16.1. The maximum absolute atomic E-state index is 12.5. The largest absolute Gasteiger partial charge is 0.378 e.